The number of aliphatic hydroxyl groups excluding tert-OH is 1. The van der Waals surface area contributed by atoms with Gasteiger partial charge in [0.25, 0.3) is 0 Å². The average molecular weight is 254 g/mol. The highest BCUT2D eigenvalue weighted by Gasteiger charge is 2.41. The maximum atomic E-state index is 9.92. The minimum atomic E-state index is -0.122. The van der Waals surface area contributed by atoms with Gasteiger partial charge in [0.15, 0.2) is 0 Å². The molecule has 19 heavy (non-hydrogen) atoms. The summed E-state index contributed by atoms with van der Waals surface area (Å²) in [5.74, 6) is 1.11. The van der Waals surface area contributed by atoms with Crippen molar-refractivity contribution in [3.63, 3.8) is 0 Å². The van der Waals surface area contributed by atoms with E-state index >= 15 is 0 Å². The summed E-state index contributed by atoms with van der Waals surface area (Å²) in [5, 5.41) is 12.4. The van der Waals surface area contributed by atoms with Gasteiger partial charge in [-0.1, -0.05) is 24.3 Å². The van der Waals surface area contributed by atoms with Gasteiger partial charge in [-0.25, -0.2) is 4.98 Å². The molecule has 1 aromatic carbocycles. The number of benzene rings is 1. The molecule has 2 unspecified atom stereocenters. The van der Waals surface area contributed by atoms with E-state index in [-0.39, 0.29) is 6.10 Å². The molecule has 3 nitrogen and oxygen atoms in total. The largest absolute Gasteiger partial charge is 0.393 e. The van der Waals surface area contributed by atoms with E-state index in [9.17, 15) is 5.11 Å². The molecule has 0 aliphatic carbocycles. The predicted octanol–water partition coefficient (Wildman–Crippen LogP) is 2.73. The molecule has 0 spiro atoms. The quantitative estimate of drug-likeness (QED) is 0.850. The summed E-state index contributed by atoms with van der Waals surface area (Å²) in [6, 6.07) is 11.4. The Kier molecular flexibility index (Phi) is 2.49. The molecule has 1 aromatic heterocycles. The van der Waals surface area contributed by atoms with Crippen molar-refractivity contribution in [2.24, 2.45) is 0 Å². The lowest BCUT2D eigenvalue weighted by Gasteiger charge is -2.38. The molecule has 0 saturated carbocycles. The molecule has 2 aromatic rings. The van der Waals surface area contributed by atoms with Gasteiger partial charge < -0.3 is 10.0 Å². The van der Waals surface area contributed by atoms with Crippen LogP contribution in [0.2, 0.25) is 0 Å². The first-order valence-electron chi connectivity index (χ1n) is 7.13. The van der Waals surface area contributed by atoms with Gasteiger partial charge >= 0.3 is 0 Å². The number of hydrogen-bond acceptors (Lipinski definition) is 3. The molecule has 98 valence electrons. The number of aromatic nitrogens is 1. The highest BCUT2D eigenvalue weighted by Crippen LogP contribution is 2.40. The van der Waals surface area contributed by atoms with Crippen molar-refractivity contribution in [1.29, 1.82) is 0 Å². The maximum Gasteiger partial charge on any atom is 0.136 e. The fourth-order valence-corrected chi connectivity index (χ4v) is 3.80. The zero-order valence-corrected chi connectivity index (χ0v) is 10.9. The summed E-state index contributed by atoms with van der Waals surface area (Å²) in [6.45, 7) is 0. The minimum absolute atomic E-state index is 0.122. The summed E-state index contributed by atoms with van der Waals surface area (Å²) in [6.07, 6.45) is 5.94. The van der Waals surface area contributed by atoms with Gasteiger partial charge in [-0.2, -0.15) is 0 Å². The molecule has 0 amide bonds. The number of rotatable bonds is 1. The molecule has 2 saturated heterocycles. The summed E-state index contributed by atoms with van der Waals surface area (Å²) in [7, 11) is 0. The van der Waals surface area contributed by atoms with Crippen LogP contribution in [0.25, 0.3) is 10.8 Å². The Bertz CT molecular complexity index is 593. The zero-order chi connectivity index (χ0) is 12.8. The number of anilines is 1. The SMILES string of the molecule is OC1CC2CCC(C1)N2c1nccc2ccccc12. The van der Waals surface area contributed by atoms with Crippen molar-refractivity contribution in [3.8, 4) is 0 Å². The first-order chi connectivity index (χ1) is 9.33. The van der Waals surface area contributed by atoms with Crippen LogP contribution in [-0.2, 0) is 0 Å². The molecule has 2 fully saturated rings. The summed E-state index contributed by atoms with van der Waals surface area (Å²) >= 11 is 0. The Hall–Kier alpha value is -1.61. The second-order valence-electron chi connectivity index (χ2n) is 5.77. The van der Waals surface area contributed by atoms with Crippen LogP contribution < -0.4 is 4.90 Å². The highest BCUT2D eigenvalue weighted by molar-refractivity contribution is 5.92. The third-order valence-electron chi connectivity index (χ3n) is 4.61. The van der Waals surface area contributed by atoms with Crippen LogP contribution in [0, 0.1) is 0 Å². The molecular weight excluding hydrogens is 236 g/mol. The van der Waals surface area contributed by atoms with E-state index in [1.54, 1.807) is 0 Å². The van der Waals surface area contributed by atoms with Gasteiger partial charge in [-0.15, -0.1) is 0 Å². The number of hydrogen-bond donors (Lipinski definition) is 1. The summed E-state index contributed by atoms with van der Waals surface area (Å²) < 4.78 is 0. The molecule has 2 bridgehead atoms. The second kappa shape index (κ2) is 4.20. The molecule has 3 heterocycles. The molecule has 4 rings (SSSR count). The second-order valence-corrected chi connectivity index (χ2v) is 5.77. The molecule has 3 heteroatoms. The molecule has 1 N–H and O–H groups in total. The van der Waals surface area contributed by atoms with Gasteiger partial charge in [-0.05, 0) is 37.1 Å². The van der Waals surface area contributed by atoms with Crippen molar-refractivity contribution >= 4 is 16.6 Å². The van der Waals surface area contributed by atoms with E-state index in [1.807, 2.05) is 6.20 Å². The lowest BCUT2D eigenvalue weighted by atomic mass is 9.99. The van der Waals surface area contributed by atoms with E-state index in [2.05, 4.69) is 40.2 Å². The normalized spacial score (nSPS) is 29.9. The Morgan fingerprint density at radius 3 is 2.58 bits per heavy atom. The van der Waals surface area contributed by atoms with Gasteiger partial charge in [0, 0.05) is 23.7 Å². The van der Waals surface area contributed by atoms with E-state index in [1.165, 1.54) is 23.6 Å². The molecule has 2 aliphatic rings. The van der Waals surface area contributed by atoms with Gasteiger partial charge in [-0.3, -0.25) is 0 Å². The Morgan fingerprint density at radius 2 is 1.79 bits per heavy atom. The lowest BCUT2D eigenvalue weighted by molar-refractivity contribution is 0.126. The van der Waals surface area contributed by atoms with Gasteiger partial charge in [0.2, 0.25) is 0 Å². The van der Waals surface area contributed by atoms with Crippen molar-refractivity contribution in [1.82, 2.24) is 4.98 Å². The zero-order valence-electron chi connectivity index (χ0n) is 10.9. The smallest absolute Gasteiger partial charge is 0.136 e. The molecular formula is C16H18N2O. The van der Waals surface area contributed by atoms with Crippen molar-refractivity contribution in [2.75, 3.05) is 4.90 Å². The van der Waals surface area contributed by atoms with E-state index in [0.29, 0.717) is 12.1 Å². The van der Waals surface area contributed by atoms with Crippen LogP contribution in [0.3, 0.4) is 0 Å². The lowest BCUT2D eigenvalue weighted by Crippen LogP contribution is -2.45. The van der Waals surface area contributed by atoms with E-state index in [0.717, 1.165) is 18.7 Å². The number of pyridine rings is 1. The van der Waals surface area contributed by atoms with Gasteiger partial charge in [0.05, 0.1) is 6.10 Å². The van der Waals surface area contributed by atoms with Crippen molar-refractivity contribution in [2.45, 2.75) is 43.9 Å². The Balaban J connectivity index is 1.83. The number of aliphatic hydroxyl groups is 1. The van der Waals surface area contributed by atoms with Crippen LogP contribution in [0.1, 0.15) is 25.7 Å². The maximum absolute atomic E-state index is 9.92. The van der Waals surface area contributed by atoms with E-state index < -0.39 is 0 Å². The summed E-state index contributed by atoms with van der Waals surface area (Å²) in [5.41, 5.74) is 0. The van der Waals surface area contributed by atoms with Crippen LogP contribution >= 0.6 is 0 Å². The third-order valence-corrected chi connectivity index (χ3v) is 4.61. The first kappa shape index (κ1) is 11.2. The predicted molar refractivity (Wildman–Crippen MR) is 76.3 cm³/mol. The van der Waals surface area contributed by atoms with Crippen LogP contribution in [-0.4, -0.2) is 28.3 Å². The fourth-order valence-electron chi connectivity index (χ4n) is 3.80. The minimum Gasteiger partial charge on any atom is -0.393 e. The van der Waals surface area contributed by atoms with Crippen LogP contribution in [0.5, 0.6) is 0 Å². The Labute approximate surface area is 112 Å². The van der Waals surface area contributed by atoms with Crippen molar-refractivity contribution < 1.29 is 5.11 Å². The topological polar surface area (TPSA) is 36.4 Å². The van der Waals surface area contributed by atoms with Crippen LogP contribution in [0.4, 0.5) is 5.82 Å². The number of nitrogens with zero attached hydrogens (tertiary/aromatic N) is 2. The van der Waals surface area contributed by atoms with Gasteiger partial charge in [0.1, 0.15) is 5.82 Å². The van der Waals surface area contributed by atoms with E-state index in [4.69, 9.17) is 0 Å². The highest BCUT2D eigenvalue weighted by atomic mass is 16.3. The summed E-state index contributed by atoms with van der Waals surface area (Å²) in [4.78, 5) is 7.11. The monoisotopic (exact) mass is 254 g/mol. The standard InChI is InChI=1S/C16H18N2O/c19-14-9-12-5-6-13(10-14)18(12)16-15-4-2-1-3-11(15)7-8-17-16/h1-4,7-8,12-14,19H,5-6,9-10H2. The molecule has 0 radical (unpaired) electrons. The number of piperidine rings is 1. The fraction of sp³-hybridized carbons (Fsp3) is 0.438. The average Bonchev–Trinajstić information content (AvgIpc) is 2.70. The van der Waals surface area contributed by atoms with Crippen molar-refractivity contribution in [3.05, 3.63) is 36.5 Å². The molecule has 2 atom stereocenters. The van der Waals surface area contributed by atoms with Crippen LogP contribution in [0.15, 0.2) is 36.5 Å². The first-order valence-corrected chi connectivity index (χ1v) is 7.13. The number of fused-ring (bicyclic) bond motifs is 3. The third kappa shape index (κ3) is 1.72. The Morgan fingerprint density at radius 1 is 1.05 bits per heavy atom. The molecule has 2 aliphatic heterocycles.